The van der Waals surface area contributed by atoms with Crippen LogP contribution in [-0.4, -0.2) is 9.97 Å². The minimum atomic E-state index is -2.64. The fourth-order valence-electron chi connectivity index (χ4n) is 5.63. The van der Waals surface area contributed by atoms with Gasteiger partial charge in [-0.15, -0.1) is 53.6 Å². The molecule has 0 saturated carbocycles. The molecule has 0 atom stereocenters. The number of nitrogens with zero attached hydrogens (tertiary/aromatic N) is 2. The van der Waals surface area contributed by atoms with Gasteiger partial charge in [0.05, 0.1) is 5.58 Å². The molecule has 0 N–H and O–H groups in total. The van der Waals surface area contributed by atoms with Crippen molar-refractivity contribution in [2.24, 2.45) is 10.8 Å². The Labute approximate surface area is 336 Å². The Balaban J connectivity index is 0.000000274. The van der Waals surface area contributed by atoms with Crippen LogP contribution >= 0.6 is 0 Å². The van der Waals surface area contributed by atoms with E-state index in [2.05, 4.69) is 22.1 Å². The second-order valence-corrected chi connectivity index (χ2v) is 14.2. The van der Waals surface area contributed by atoms with Gasteiger partial charge in [0, 0.05) is 55.7 Å². The van der Waals surface area contributed by atoms with Gasteiger partial charge in [-0.25, -0.2) is 0 Å². The molecular formula is C47H48IrN2O-2. The van der Waals surface area contributed by atoms with Gasteiger partial charge >= 0.3 is 0 Å². The van der Waals surface area contributed by atoms with Crippen LogP contribution in [0, 0.1) is 43.5 Å². The number of hydrogen-bond acceptors (Lipinski definition) is 3. The van der Waals surface area contributed by atoms with E-state index in [1.807, 2.05) is 51.1 Å². The summed E-state index contributed by atoms with van der Waals surface area (Å²) in [5, 5.41) is 1.77. The molecule has 51 heavy (non-hydrogen) atoms. The first-order valence-electron chi connectivity index (χ1n) is 22.9. The standard InChI is InChI=1S/C30H28NO.C17H20N.Ir/c1-19-15-21(17-30(3,4)5)13-14-22(19)26-16-27(31-18-20(26)2)25-11-8-10-24-23-9-6-7-12-28(23)32-29(24)25;1-13-5-8-15(9-6-13)16-10-7-14(12-18-16)11-17(2,3)4;/h6-10,12-16,18H,17H2,1-5H3;5-8,10,12H,11H2,1-4H3;/q2*-1;/i1D3,2D3,17D2;1D3,11D2;. The monoisotopic (exact) mass is 862 g/mol. The van der Waals surface area contributed by atoms with E-state index in [0.717, 1.165) is 10.8 Å². The number of para-hydroxylation sites is 1. The molecule has 0 aliphatic rings. The molecule has 3 nitrogen and oxygen atoms in total. The SMILES string of the molecule is [2H]C([2H])([2H])c1c[c-]c(-c2ccc(C([2H])([2H])C(C)(C)C)cn2)cc1.[2H]C([2H])([2H])c1cnc(-c2[c-]ccc3c2oc2ccccc23)cc1-c1ccc(C([2H])([2H])C(C)(C)C)cc1C([2H])([2H])[2H].[Ir]. The van der Waals surface area contributed by atoms with Gasteiger partial charge in [0.1, 0.15) is 5.58 Å². The van der Waals surface area contributed by atoms with E-state index in [1.165, 1.54) is 36.7 Å². The maximum absolute atomic E-state index is 8.67. The average molecular weight is 862 g/mol. The van der Waals surface area contributed by atoms with Gasteiger partial charge in [0.15, 0.2) is 0 Å². The van der Waals surface area contributed by atoms with Crippen LogP contribution in [-0.2, 0) is 32.9 Å². The van der Waals surface area contributed by atoms with Crippen LogP contribution in [0.4, 0.5) is 0 Å². The quantitative estimate of drug-likeness (QED) is 0.162. The summed E-state index contributed by atoms with van der Waals surface area (Å²) < 4.78 is 111. The first kappa shape index (κ1) is 24.0. The van der Waals surface area contributed by atoms with Crippen molar-refractivity contribution < 1.29 is 42.3 Å². The molecule has 7 rings (SSSR count). The molecular weight excluding hydrogens is 801 g/mol. The van der Waals surface area contributed by atoms with E-state index in [0.29, 0.717) is 39.2 Å². The molecule has 4 aromatic carbocycles. The molecule has 0 saturated heterocycles. The van der Waals surface area contributed by atoms with Gasteiger partial charge in [0.2, 0.25) is 0 Å². The Bertz CT molecular complexity index is 2760. The van der Waals surface area contributed by atoms with Crippen molar-refractivity contribution in [1.82, 2.24) is 9.97 Å². The van der Waals surface area contributed by atoms with E-state index in [1.54, 1.807) is 57.2 Å². The second kappa shape index (κ2) is 15.5. The summed E-state index contributed by atoms with van der Waals surface area (Å²) in [6.07, 6.45) is -0.550. The van der Waals surface area contributed by atoms with E-state index in [9.17, 15) is 0 Å². The van der Waals surface area contributed by atoms with Crippen LogP contribution in [0.2, 0.25) is 0 Å². The summed E-state index contributed by atoms with van der Waals surface area (Å²) in [6, 6.07) is 31.4. The minimum Gasteiger partial charge on any atom is -0.501 e. The molecule has 0 bridgehead atoms. The molecule has 0 spiro atoms. The Hall–Kier alpha value is -4.37. The number of furan rings is 1. The van der Waals surface area contributed by atoms with Gasteiger partial charge in [-0.2, -0.15) is 0 Å². The van der Waals surface area contributed by atoms with Crippen molar-refractivity contribution in [1.29, 1.82) is 0 Å². The van der Waals surface area contributed by atoms with Gasteiger partial charge in [-0.1, -0.05) is 114 Å². The largest absolute Gasteiger partial charge is 0.501 e. The number of rotatable bonds is 5. The number of pyridine rings is 2. The van der Waals surface area contributed by atoms with Crippen LogP contribution in [0.3, 0.4) is 0 Å². The Morgan fingerprint density at radius 2 is 1.43 bits per heavy atom. The van der Waals surface area contributed by atoms with Gasteiger partial charge in [0.25, 0.3) is 0 Å². The Morgan fingerprint density at radius 3 is 2.12 bits per heavy atom. The zero-order valence-electron chi connectivity index (χ0n) is 42.5. The summed E-state index contributed by atoms with van der Waals surface area (Å²) in [7, 11) is 0. The minimum absolute atomic E-state index is 0. The molecule has 3 aromatic heterocycles. The number of aryl methyl sites for hydroxylation is 3. The zero-order chi connectivity index (χ0) is 46.7. The van der Waals surface area contributed by atoms with Crippen molar-refractivity contribution in [3.8, 4) is 33.6 Å². The number of hydrogen-bond donors (Lipinski definition) is 0. The van der Waals surface area contributed by atoms with Crippen molar-refractivity contribution in [3.63, 3.8) is 0 Å². The summed E-state index contributed by atoms with van der Waals surface area (Å²) in [5.41, 5.74) is 3.17. The smallest absolute Gasteiger partial charge is 0.120 e. The summed E-state index contributed by atoms with van der Waals surface area (Å²) >= 11 is 0. The molecule has 0 unspecified atom stereocenters. The maximum atomic E-state index is 8.67. The van der Waals surface area contributed by atoms with Gasteiger partial charge < -0.3 is 14.4 Å². The van der Waals surface area contributed by atoms with E-state index >= 15 is 0 Å². The van der Waals surface area contributed by atoms with Crippen LogP contribution in [0.1, 0.15) is 87.2 Å². The van der Waals surface area contributed by atoms with E-state index < -0.39 is 44.1 Å². The zero-order valence-corrected chi connectivity index (χ0v) is 31.8. The Morgan fingerprint density at radius 1 is 0.686 bits per heavy atom. The molecule has 0 fully saturated rings. The summed E-state index contributed by atoms with van der Waals surface area (Å²) in [5.74, 6) is 0. The molecule has 3 heterocycles. The summed E-state index contributed by atoms with van der Waals surface area (Å²) in [6.45, 7) is 3.41. The first-order valence-corrected chi connectivity index (χ1v) is 16.4. The van der Waals surface area contributed by atoms with Gasteiger partial charge in [-0.05, 0) is 88.1 Å². The van der Waals surface area contributed by atoms with E-state index in [-0.39, 0.29) is 53.5 Å². The van der Waals surface area contributed by atoms with Crippen molar-refractivity contribution >= 4 is 21.9 Å². The topological polar surface area (TPSA) is 38.9 Å². The average Bonchev–Trinajstić information content (AvgIpc) is 3.58. The third-order valence-corrected chi connectivity index (χ3v) is 7.70. The fourth-order valence-corrected chi connectivity index (χ4v) is 5.63. The van der Waals surface area contributed by atoms with Crippen molar-refractivity contribution in [2.75, 3.05) is 0 Å². The maximum Gasteiger partial charge on any atom is 0.120 e. The van der Waals surface area contributed by atoms with Crippen LogP contribution in [0.15, 0.2) is 108 Å². The van der Waals surface area contributed by atoms with Crippen LogP contribution in [0.25, 0.3) is 55.6 Å². The number of fused-ring (bicyclic) bond motifs is 3. The van der Waals surface area contributed by atoms with Crippen LogP contribution < -0.4 is 0 Å². The molecule has 0 aliphatic heterocycles. The molecule has 7 aromatic rings. The molecule has 4 heteroatoms. The predicted molar refractivity (Wildman–Crippen MR) is 210 cm³/mol. The molecule has 263 valence electrons. The fraction of sp³-hybridized carbons (Fsp3) is 0.277. The molecule has 0 amide bonds. The van der Waals surface area contributed by atoms with Crippen LogP contribution in [0.5, 0.6) is 0 Å². The number of benzene rings is 4. The molecule has 1 radical (unpaired) electrons. The summed E-state index contributed by atoms with van der Waals surface area (Å²) in [4.78, 5) is 8.76. The number of aromatic nitrogens is 2. The van der Waals surface area contributed by atoms with E-state index in [4.69, 9.17) is 22.2 Å². The second-order valence-electron chi connectivity index (χ2n) is 14.2. The third kappa shape index (κ3) is 9.30. The van der Waals surface area contributed by atoms with Crippen molar-refractivity contribution in [3.05, 3.63) is 143 Å². The normalized spacial score (nSPS) is 16.7. The predicted octanol–water partition coefficient (Wildman–Crippen LogP) is 12.8. The molecule has 0 aliphatic carbocycles. The third-order valence-electron chi connectivity index (χ3n) is 7.70. The van der Waals surface area contributed by atoms with Crippen molar-refractivity contribution in [2.45, 2.75) is 74.8 Å². The Kier molecular flexibility index (Phi) is 7.28. The van der Waals surface area contributed by atoms with Gasteiger partial charge in [-0.3, -0.25) is 0 Å². The first-order chi connectivity index (χ1) is 28.9.